The molecule has 0 spiro atoms. The van der Waals surface area contributed by atoms with Crippen LogP contribution in [-0.2, 0) is 24.2 Å². The zero-order valence-electron chi connectivity index (χ0n) is 13.4. The number of rotatable bonds is 5. The molecule has 2 aromatic rings. The lowest BCUT2D eigenvalue weighted by Gasteiger charge is -2.16. The monoisotopic (exact) mass is 337 g/mol. The number of benzene rings is 1. The van der Waals surface area contributed by atoms with Gasteiger partial charge in [-0.3, -0.25) is 4.79 Å². The predicted molar refractivity (Wildman–Crippen MR) is 94.6 cm³/mol. The molecule has 4 nitrogen and oxygen atoms in total. The number of hydrogen-bond acceptors (Lipinski definition) is 4. The van der Waals surface area contributed by atoms with Crippen LogP contribution in [0.5, 0.6) is 0 Å². The second-order valence-electron chi connectivity index (χ2n) is 5.82. The first-order valence-corrected chi connectivity index (χ1v) is 9.11. The Morgan fingerprint density at radius 1 is 1.25 bits per heavy atom. The molecule has 0 bridgehead atoms. The predicted octanol–water partition coefficient (Wildman–Crippen LogP) is 3.24. The van der Waals surface area contributed by atoms with Crippen LogP contribution in [0.25, 0.3) is 0 Å². The first kappa shape index (κ1) is 16.5. The molecule has 0 aliphatic heterocycles. The molecule has 0 radical (unpaired) electrons. The number of amides is 1. The van der Waals surface area contributed by atoms with Gasteiger partial charge in [0, 0.05) is 12.2 Å². The van der Waals surface area contributed by atoms with E-state index in [1.807, 2.05) is 36.4 Å². The smallest absolute Gasteiger partial charge is 0.230 e. The van der Waals surface area contributed by atoms with Crippen LogP contribution in [0.1, 0.15) is 35.2 Å². The summed E-state index contributed by atoms with van der Waals surface area (Å²) in [4.78, 5) is 16.7. The summed E-state index contributed by atoms with van der Waals surface area (Å²) >= 11 is 1.34. The second kappa shape index (κ2) is 7.98. The van der Waals surface area contributed by atoms with Crippen molar-refractivity contribution in [3.63, 3.8) is 0 Å². The van der Waals surface area contributed by atoms with Gasteiger partial charge in [-0.2, -0.15) is 5.26 Å². The number of nitrogens with zero attached hydrogens (tertiary/aromatic N) is 2. The highest BCUT2D eigenvalue weighted by Crippen LogP contribution is 2.27. The molecule has 1 aliphatic carbocycles. The molecule has 1 heterocycles. The first-order valence-electron chi connectivity index (χ1n) is 8.12. The Balaban J connectivity index is 1.59. The van der Waals surface area contributed by atoms with Gasteiger partial charge in [-0.05, 0) is 42.9 Å². The van der Waals surface area contributed by atoms with E-state index in [9.17, 15) is 10.1 Å². The summed E-state index contributed by atoms with van der Waals surface area (Å²) in [6, 6.07) is 14.0. The fourth-order valence-electron chi connectivity index (χ4n) is 2.79. The summed E-state index contributed by atoms with van der Waals surface area (Å²) in [5, 5.41) is 12.9. The normalized spacial score (nSPS) is 13.0. The van der Waals surface area contributed by atoms with E-state index in [1.54, 1.807) is 0 Å². The number of fused-ring (bicyclic) bond motifs is 1. The maximum Gasteiger partial charge on any atom is 0.230 e. The fourth-order valence-corrected chi connectivity index (χ4v) is 3.59. The number of carbonyl (C=O) groups is 1. The number of aromatic nitrogens is 1. The molecule has 24 heavy (non-hydrogen) atoms. The van der Waals surface area contributed by atoms with Gasteiger partial charge in [-0.1, -0.05) is 42.1 Å². The lowest BCUT2D eigenvalue weighted by Crippen LogP contribution is -2.24. The summed E-state index contributed by atoms with van der Waals surface area (Å²) in [7, 11) is 0. The van der Waals surface area contributed by atoms with Crippen molar-refractivity contribution in [3.05, 3.63) is 58.8 Å². The zero-order valence-corrected chi connectivity index (χ0v) is 14.2. The van der Waals surface area contributed by atoms with E-state index in [0.29, 0.717) is 17.1 Å². The quantitative estimate of drug-likeness (QED) is 0.851. The van der Waals surface area contributed by atoms with Crippen molar-refractivity contribution in [3.8, 4) is 6.07 Å². The Kier molecular flexibility index (Phi) is 5.50. The van der Waals surface area contributed by atoms with E-state index in [0.717, 1.165) is 36.9 Å². The average Bonchev–Trinajstić information content (AvgIpc) is 2.64. The van der Waals surface area contributed by atoms with Crippen LogP contribution >= 0.6 is 11.8 Å². The van der Waals surface area contributed by atoms with Crippen molar-refractivity contribution in [2.24, 2.45) is 0 Å². The minimum atomic E-state index is -0.0488. The first-order chi connectivity index (χ1) is 11.8. The molecule has 1 aromatic heterocycles. The molecule has 5 heteroatoms. The van der Waals surface area contributed by atoms with Crippen molar-refractivity contribution >= 4 is 17.7 Å². The summed E-state index contributed by atoms with van der Waals surface area (Å²) in [5.74, 6) is 0.222. The third-order valence-corrected chi connectivity index (χ3v) is 5.05. The van der Waals surface area contributed by atoms with E-state index in [-0.39, 0.29) is 11.7 Å². The lowest BCUT2D eigenvalue weighted by molar-refractivity contribution is -0.118. The number of carbonyl (C=O) groups excluding carboxylic acids is 1. The number of nitrogens with one attached hydrogen (secondary N) is 1. The molecule has 0 unspecified atom stereocenters. The van der Waals surface area contributed by atoms with E-state index < -0.39 is 0 Å². The van der Waals surface area contributed by atoms with Gasteiger partial charge in [0.25, 0.3) is 0 Å². The Hall–Kier alpha value is -2.32. The Morgan fingerprint density at radius 2 is 2.04 bits per heavy atom. The third-order valence-electron chi connectivity index (χ3n) is 4.06. The van der Waals surface area contributed by atoms with Crippen LogP contribution in [0.3, 0.4) is 0 Å². The second-order valence-corrected chi connectivity index (χ2v) is 6.78. The van der Waals surface area contributed by atoms with Gasteiger partial charge in [-0.25, -0.2) is 4.98 Å². The van der Waals surface area contributed by atoms with Crippen LogP contribution in [0.15, 0.2) is 41.4 Å². The number of aryl methyl sites for hydroxylation is 2. The Morgan fingerprint density at radius 3 is 2.83 bits per heavy atom. The fraction of sp³-hybridized carbons (Fsp3) is 0.316. The molecule has 122 valence electrons. The zero-order chi connectivity index (χ0) is 16.8. The maximum absolute atomic E-state index is 12.0. The van der Waals surface area contributed by atoms with Gasteiger partial charge in [-0.15, -0.1) is 0 Å². The van der Waals surface area contributed by atoms with Crippen molar-refractivity contribution in [1.29, 1.82) is 5.26 Å². The molecule has 1 aliphatic rings. The lowest BCUT2D eigenvalue weighted by atomic mass is 9.95. The Labute approximate surface area is 146 Å². The van der Waals surface area contributed by atoms with Gasteiger partial charge in [0.15, 0.2) is 0 Å². The number of hydrogen-bond donors (Lipinski definition) is 1. The minimum Gasteiger partial charge on any atom is -0.351 e. The molecule has 1 aromatic carbocycles. The third kappa shape index (κ3) is 4.15. The molecule has 0 fully saturated rings. The standard InChI is InChI=1S/C19H19N3OS/c20-11-16-10-15-8-4-5-9-17(15)22-19(16)24-13-18(23)21-12-14-6-2-1-3-7-14/h1-3,6-7,10H,4-5,8-9,12-13H2,(H,21,23). The number of thioether (sulfide) groups is 1. The van der Waals surface area contributed by atoms with E-state index >= 15 is 0 Å². The highest BCUT2D eigenvalue weighted by Gasteiger charge is 2.16. The van der Waals surface area contributed by atoms with Crippen LogP contribution in [0.4, 0.5) is 0 Å². The molecule has 0 saturated carbocycles. The largest absolute Gasteiger partial charge is 0.351 e. The van der Waals surface area contributed by atoms with Gasteiger partial charge in [0.1, 0.15) is 11.1 Å². The van der Waals surface area contributed by atoms with Crippen molar-refractivity contribution in [2.45, 2.75) is 37.3 Å². The molecular weight excluding hydrogens is 318 g/mol. The molecule has 3 rings (SSSR count). The van der Waals surface area contributed by atoms with Gasteiger partial charge < -0.3 is 5.32 Å². The summed E-state index contributed by atoms with van der Waals surface area (Å²) in [6.07, 6.45) is 4.27. The van der Waals surface area contributed by atoms with Crippen molar-refractivity contribution in [1.82, 2.24) is 10.3 Å². The van der Waals surface area contributed by atoms with Crippen LogP contribution in [0, 0.1) is 11.3 Å². The van der Waals surface area contributed by atoms with E-state index in [1.165, 1.54) is 17.3 Å². The topological polar surface area (TPSA) is 65.8 Å². The highest BCUT2D eigenvalue weighted by atomic mass is 32.2. The van der Waals surface area contributed by atoms with Crippen LogP contribution < -0.4 is 5.32 Å². The summed E-state index contributed by atoms with van der Waals surface area (Å²) in [5.41, 5.74) is 3.93. The van der Waals surface area contributed by atoms with Crippen molar-refractivity contribution < 1.29 is 4.79 Å². The van der Waals surface area contributed by atoms with Crippen LogP contribution in [0.2, 0.25) is 0 Å². The molecule has 1 amide bonds. The molecule has 1 N–H and O–H groups in total. The molecule has 0 atom stereocenters. The average molecular weight is 337 g/mol. The minimum absolute atomic E-state index is 0.0488. The van der Waals surface area contributed by atoms with Gasteiger partial charge >= 0.3 is 0 Å². The maximum atomic E-state index is 12.0. The van der Waals surface area contributed by atoms with Gasteiger partial charge in [0.05, 0.1) is 11.3 Å². The van der Waals surface area contributed by atoms with Crippen LogP contribution in [-0.4, -0.2) is 16.6 Å². The summed E-state index contributed by atoms with van der Waals surface area (Å²) < 4.78 is 0. The molecule has 0 saturated heterocycles. The van der Waals surface area contributed by atoms with Crippen molar-refractivity contribution in [2.75, 3.05) is 5.75 Å². The Bertz CT molecular complexity index is 768. The number of pyridine rings is 1. The summed E-state index contributed by atoms with van der Waals surface area (Å²) in [6.45, 7) is 0.517. The number of nitriles is 1. The van der Waals surface area contributed by atoms with E-state index in [2.05, 4.69) is 16.4 Å². The van der Waals surface area contributed by atoms with E-state index in [4.69, 9.17) is 0 Å². The highest BCUT2D eigenvalue weighted by molar-refractivity contribution is 8.00. The SMILES string of the molecule is N#Cc1cc2c(nc1SCC(=O)NCc1ccccc1)CCCC2. The molecular formula is C19H19N3OS. The van der Waals surface area contributed by atoms with Gasteiger partial charge in [0.2, 0.25) is 5.91 Å².